The molecule has 1 aromatic heterocycles. The average molecular weight is 301 g/mol. The van der Waals surface area contributed by atoms with E-state index < -0.39 is 0 Å². The Morgan fingerprint density at radius 2 is 2.00 bits per heavy atom. The number of thioether (sulfide) groups is 1. The molecule has 0 amide bonds. The minimum absolute atomic E-state index is 0.389. The van der Waals surface area contributed by atoms with Crippen molar-refractivity contribution in [2.24, 2.45) is 0 Å². The lowest BCUT2D eigenvalue weighted by Gasteiger charge is -2.07. The lowest BCUT2D eigenvalue weighted by atomic mass is 10.3. The monoisotopic (exact) mass is 300 g/mol. The van der Waals surface area contributed by atoms with Crippen molar-refractivity contribution in [2.45, 2.75) is 4.21 Å². The molecule has 0 aliphatic heterocycles. The quantitative estimate of drug-likeness (QED) is 0.667. The van der Waals surface area contributed by atoms with E-state index in [0.717, 1.165) is 9.90 Å². The van der Waals surface area contributed by atoms with Gasteiger partial charge in [-0.25, -0.2) is 0 Å². The van der Waals surface area contributed by atoms with Crippen LogP contribution in [0, 0.1) is 9.36 Å². The van der Waals surface area contributed by atoms with Gasteiger partial charge >= 0.3 is 0 Å². The predicted octanol–water partition coefficient (Wildman–Crippen LogP) is 4.12. The van der Waals surface area contributed by atoms with Gasteiger partial charge in [-0.15, -0.1) is 11.8 Å². The normalized spacial score (nSPS) is 10.5. The van der Waals surface area contributed by atoms with E-state index >= 15 is 0 Å². The Morgan fingerprint density at radius 1 is 1.35 bits per heavy atom. The van der Waals surface area contributed by atoms with Crippen molar-refractivity contribution in [2.75, 3.05) is 6.26 Å². The van der Waals surface area contributed by atoms with Crippen LogP contribution in [0.15, 0.2) is 34.5 Å². The minimum Gasteiger partial charge on any atom is -0.284 e. The first kappa shape index (κ1) is 12.8. The summed E-state index contributed by atoms with van der Waals surface area (Å²) in [6.07, 6.45) is 1.98. The molecular formula is C11H9ClN2S3. The first-order valence-electron chi connectivity index (χ1n) is 4.73. The Hall–Kier alpha value is -0.620. The number of hydrogen-bond donors (Lipinski definition) is 1. The van der Waals surface area contributed by atoms with Crippen LogP contribution in [0.2, 0.25) is 5.02 Å². The Morgan fingerprint density at radius 3 is 2.53 bits per heavy atom. The van der Waals surface area contributed by atoms with Crippen LogP contribution in [0.3, 0.4) is 0 Å². The van der Waals surface area contributed by atoms with Gasteiger partial charge in [0.15, 0.2) is 3.95 Å². The number of benzene rings is 1. The van der Waals surface area contributed by atoms with Gasteiger partial charge in [-0.3, -0.25) is 9.98 Å². The fourth-order valence-electron chi connectivity index (χ4n) is 1.37. The van der Waals surface area contributed by atoms with Crippen LogP contribution < -0.4 is 5.49 Å². The number of nitrogens with zero attached hydrogens (tertiary/aromatic N) is 1. The van der Waals surface area contributed by atoms with Crippen molar-refractivity contribution in [1.29, 1.82) is 5.41 Å². The second-order valence-electron chi connectivity index (χ2n) is 3.23. The molecule has 2 rings (SSSR count). The van der Waals surface area contributed by atoms with E-state index in [9.17, 15) is 0 Å². The maximum absolute atomic E-state index is 8.00. The van der Waals surface area contributed by atoms with E-state index in [2.05, 4.69) is 0 Å². The molecular weight excluding hydrogens is 292 g/mol. The van der Waals surface area contributed by atoms with Crippen molar-refractivity contribution in [3.05, 3.63) is 44.8 Å². The molecule has 0 spiro atoms. The minimum atomic E-state index is 0.389. The van der Waals surface area contributed by atoms with Gasteiger partial charge in [0.1, 0.15) is 5.49 Å². The number of aromatic nitrogens is 1. The van der Waals surface area contributed by atoms with Crippen LogP contribution >= 0.6 is 46.9 Å². The summed E-state index contributed by atoms with van der Waals surface area (Å²) in [5.41, 5.74) is 1.26. The van der Waals surface area contributed by atoms with E-state index in [1.54, 1.807) is 28.5 Å². The van der Waals surface area contributed by atoms with Crippen LogP contribution in [0.1, 0.15) is 0 Å². The molecule has 1 aromatic carbocycles. The molecule has 2 nitrogen and oxygen atoms in total. The Bertz CT molecular complexity index is 612. The highest BCUT2D eigenvalue weighted by atomic mass is 35.5. The van der Waals surface area contributed by atoms with Crippen molar-refractivity contribution in [3.8, 4) is 5.69 Å². The summed E-state index contributed by atoms with van der Waals surface area (Å²) >= 11 is 14.3. The summed E-state index contributed by atoms with van der Waals surface area (Å²) in [6, 6.07) is 9.14. The van der Waals surface area contributed by atoms with Gasteiger partial charge in [-0.1, -0.05) is 22.9 Å². The van der Waals surface area contributed by atoms with Gasteiger partial charge in [-0.2, -0.15) is 0 Å². The van der Waals surface area contributed by atoms with Gasteiger partial charge in [0, 0.05) is 16.8 Å². The maximum Gasteiger partial charge on any atom is 0.168 e. The third-order valence-corrected chi connectivity index (χ3v) is 4.78. The number of hydrogen-bond acceptors (Lipinski definition) is 4. The smallest absolute Gasteiger partial charge is 0.168 e. The first-order valence-corrected chi connectivity index (χ1v) is 7.56. The molecule has 17 heavy (non-hydrogen) atoms. The van der Waals surface area contributed by atoms with Crippen molar-refractivity contribution >= 4 is 46.9 Å². The van der Waals surface area contributed by atoms with Crippen LogP contribution in [-0.2, 0) is 0 Å². The standard InChI is InChI=1S/C11H9ClN2S3/c1-16-10-6-9(13)14(11(15)17-10)8-4-2-7(12)3-5-8/h2-6,13H,1H3. The van der Waals surface area contributed by atoms with Crippen molar-refractivity contribution < 1.29 is 0 Å². The van der Waals surface area contributed by atoms with Gasteiger partial charge < -0.3 is 0 Å². The highest BCUT2D eigenvalue weighted by Crippen LogP contribution is 2.20. The molecule has 1 N–H and O–H groups in total. The third kappa shape index (κ3) is 2.80. The van der Waals surface area contributed by atoms with Crippen LogP contribution in [0.4, 0.5) is 0 Å². The predicted molar refractivity (Wildman–Crippen MR) is 77.1 cm³/mol. The van der Waals surface area contributed by atoms with Gasteiger partial charge in [0.25, 0.3) is 0 Å². The van der Waals surface area contributed by atoms with Crippen LogP contribution in [-0.4, -0.2) is 10.8 Å². The van der Waals surface area contributed by atoms with Gasteiger partial charge in [-0.05, 0) is 42.7 Å². The molecule has 1 heterocycles. The Labute approximate surface area is 117 Å². The lowest BCUT2D eigenvalue weighted by Crippen LogP contribution is -2.17. The number of rotatable bonds is 2. The van der Waals surface area contributed by atoms with E-state index in [1.165, 1.54) is 11.3 Å². The van der Waals surface area contributed by atoms with E-state index in [4.69, 9.17) is 29.2 Å². The molecule has 0 radical (unpaired) electrons. The number of halogens is 1. The fraction of sp³-hybridized carbons (Fsp3) is 0.0909. The topological polar surface area (TPSA) is 28.8 Å². The van der Waals surface area contributed by atoms with Crippen LogP contribution in [0.5, 0.6) is 0 Å². The molecule has 2 aromatic rings. The molecule has 0 unspecified atom stereocenters. The summed E-state index contributed by atoms with van der Waals surface area (Å²) < 4.78 is 3.45. The fourth-order valence-corrected chi connectivity index (χ4v) is 3.57. The summed E-state index contributed by atoms with van der Waals surface area (Å²) in [5, 5.41) is 8.68. The molecule has 0 saturated carbocycles. The van der Waals surface area contributed by atoms with E-state index in [-0.39, 0.29) is 0 Å². The zero-order valence-electron chi connectivity index (χ0n) is 8.94. The lowest BCUT2D eigenvalue weighted by molar-refractivity contribution is 0.924. The van der Waals surface area contributed by atoms with Crippen molar-refractivity contribution in [3.63, 3.8) is 0 Å². The number of nitrogens with one attached hydrogen (secondary N) is 1. The maximum atomic E-state index is 8.00. The Kier molecular flexibility index (Phi) is 4.04. The third-order valence-electron chi connectivity index (χ3n) is 2.15. The van der Waals surface area contributed by atoms with Gasteiger partial charge in [0.05, 0.1) is 4.21 Å². The molecule has 6 heteroatoms. The summed E-state index contributed by atoms with van der Waals surface area (Å²) in [6.45, 7) is 0. The second-order valence-corrected chi connectivity index (χ2v) is 6.45. The highest BCUT2D eigenvalue weighted by molar-refractivity contribution is 8.00. The SMILES string of the molecule is CSc1cc(=N)n(-c2ccc(Cl)cc2)c(=S)s1. The molecule has 0 aliphatic carbocycles. The summed E-state index contributed by atoms with van der Waals surface area (Å²) in [5.74, 6) is 0. The Balaban J connectivity index is 2.64. The molecule has 0 fully saturated rings. The average Bonchev–Trinajstić information content (AvgIpc) is 2.30. The highest BCUT2D eigenvalue weighted by Gasteiger charge is 2.02. The summed E-state index contributed by atoms with van der Waals surface area (Å²) in [7, 11) is 0. The largest absolute Gasteiger partial charge is 0.284 e. The zero-order valence-corrected chi connectivity index (χ0v) is 12.1. The zero-order chi connectivity index (χ0) is 12.4. The molecule has 88 valence electrons. The molecule has 0 aliphatic rings. The molecule has 0 saturated heterocycles. The second kappa shape index (κ2) is 5.35. The van der Waals surface area contributed by atoms with Gasteiger partial charge in [0.2, 0.25) is 0 Å². The summed E-state index contributed by atoms with van der Waals surface area (Å²) in [4.78, 5) is 0. The van der Waals surface area contributed by atoms with E-state index in [1.807, 2.05) is 24.5 Å². The molecule has 0 atom stereocenters. The first-order chi connectivity index (χ1) is 8.11. The molecule has 0 bridgehead atoms. The van der Waals surface area contributed by atoms with Crippen LogP contribution in [0.25, 0.3) is 5.69 Å². The van der Waals surface area contributed by atoms with E-state index in [0.29, 0.717) is 14.5 Å². The van der Waals surface area contributed by atoms with Crippen molar-refractivity contribution in [1.82, 2.24) is 4.57 Å².